The van der Waals surface area contributed by atoms with Gasteiger partial charge in [-0.05, 0) is 54.2 Å². The van der Waals surface area contributed by atoms with Gasteiger partial charge in [0.2, 0.25) is 11.9 Å². The second-order valence-electron chi connectivity index (χ2n) is 9.40. The third-order valence-electron chi connectivity index (χ3n) is 5.87. The van der Waals surface area contributed by atoms with Crippen molar-refractivity contribution in [2.75, 3.05) is 10.6 Å². The fourth-order valence-electron chi connectivity index (χ4n) is 3.80. The van der Waals surface area contributed by atoms with Crippen LogP contribution < -0.4 is 16.0 Å². The summed E-state index contributed by atoms with van der Waals surface area (Å²) in [5.74, 6) is 1.93. The number of amides is 1. The number of halogens is 2. The van der Waals surface area contributed by atoms with E-state index in [0.717, 1.165) is 17.5 Å². The number of hydrogen-bond acceptors (Lipinski definition) is 6. The van der Waals surface area contributed by atoms with Crippen molar-refractivity contribution in [1.29, 1.82) is 0 Å². The fourth-order valence-corrected chi connectivity index (χ4v) is 4.14. The van der Waals surface area contributed by atoms with Crippen LogP contribution in [0.1, 0.15) is 37.8 Å². The first kappa shape index (κ1) is 27.4. The summed E-state index contributed by atoms with van der Waals surface area (Å²) < 4.78 is 1.79. The molecule has 0 bridgehead atoms. The smallest absolute Gasteiger partial charge is 0.242 e. The summed E-state index contributed by atoms with van der Waals surface area (Å²) >= 11 is 12.1. The lowest BCUT2D eigenvalue weighted by Gasteiger charge is -2.21. The molecule has 0 radical (unpaired) electrons. The Morgan fingerprint density at radius 2 is 1.76 bits per heavy atom. The number of hydrogen-bond donors (Lipinski definition) is 3. The predicted octanol–water partition coefficient (Wildman–Crippen LogP) is 6.11. The molecule has 10 heteroatoms. The number of anilines is 2. The van der Waals surface area contributed by atoms with E-state index >= 15 is 0 Å². The second kappa shape index (κ2) is 13.3. The lowest BCUT2D eigenvalue weighted by molar-refractivity contribution is -0.122. The number of rotatable bonds is 12. The van der Waals surface area contributed by atoms with E-state index in [1.54, 1.807) is 23.2 Å². The zero-order valence-corrected chi connectivity index (χ0v) is 22.9. The first-order valence-corrected chi connectivity index (χ1v) is 13.3. The summed E-state index contributed by atoms with van der Waals surface area (Å²) in [5.41, 5.74) is 1.97. The second-order valence-corrected chi connectivity index (χ2v) is 10.3. The van der Waals surface area contributed by atoms with Gasteiger partial charge in [-0.3, -0.25) is 9.36 Å². The molecule has 0 aliphatic heterocycles. The maximum atomic E-state index is 13.3. The minimum absolute atomic E-state index is 0.100. The van der Waals surface area contributed by atoms with E-state index in [-0.39, 0.29) is 5.91 Å². The Labute approximate surface area is 232 Å². The van der Waals surface area contributed by atoms with Gasteiger partial charge in [-0.1, -0.05) is 61.3 Å². The van der Waals surface area contributed by atoms with Crippen molar-refractivity contribution in [2.45, 2.75) is 45.8 Å². The molecule has 0 saturated carbocycles. The number of aromatic nitrogens is 4. The summed E-state index contributed by atoms with van der Waals surface area (Å²) in [4.78, 5) is 26.7. The van der Waals surface area contributed by atoms with E-state index in [0.29, 0.717) is 53.1 Å². The highest BCUT2D eigenvalue weighted by atomic mass is 35.5. The Kier molecular flexibility index (Phi) is 9.56. The van der Waals surface area contributed by atoms with Gasteiger partial charge in [0, 0.05) is 41.6 Å². The topological polar surface area (TPSA) is 96.8 Å². The third kappa shape index (κ3) is 8.19. The van der Waals surface area contributed by atoms with Gasteiger partial charge in [0.1, 0.15) is 24.0 Å². The standard InChI is InChI=1S/C28H31Cl2N7O/c1-19(2)6-11-24(27(38)32-16-20-7-9-22(29)10-8-20)34-25-15-26(37-13-12-31-18-37)36-28(35-25)33-17-21-4-3-5-23(30)14-21/h3-5,7-10,12-15,18-19,24H,6,11,16-17H2,1-2H3,(H,32,38)(H2,33,34,35,36)/t24-/m1/s1. The van der Waals surface area contributed by atoms with Gasteiger partial charge in [0.25, 0.3) is 0 Å². The highest BCUT2D eigenvalue weighted by molar-refractivity contribution is 6.30. The van der Waals surface area contributed by atoms with Crippen LogP contribution in [-0.4, -0.2) is 31.5 Å². The Morgan fingerprint density at radius 3 is 2.47 bits per heavy atom. The van der Waals surface area contributed by atoms with Crippen LogP contribution >= 0.6 is 23.2 Å². The van der Waals surface area contributed by atoms with E-state index in [9.17, 15) is 4.79 Å². The van der Waals surface area contributed by atoms with Crippen molar-refractivity contribution >= 4 is 40.9 Å². The van der Waals surface area contributed by atoms with E-state index in [1.807, 2.05) is 54.7 Å². The lowest BCUT2D eigenvalue weighted by atomic mass is 10.0. The van der Waals surface area contributed by atoms with Crippen LogP contribution in [0, 0.1) is 5.92 Å². The summed E-state index contributed by atoms with van der Waals surface area (Å²) in [6, 6.07) is 16.4. The van der Waals surface area contributed by atoms with Gasteiger partial charge < -0.3 is 16.0 Å². The first-order valence-electron chi connectivity index (χ1n) is 12.5. The van der Waals surface area contributed by atoms with E-state index in [4.69, 9.17) is 23.2 Å². The van der Waals surface area contributed by atoms with Gasteiger partial charge in [-0.2, -0.15) is 9.97 Å². The van der Waals surface area contributed by atoms with Gasteiger partial charge in [0.15, 0.2) is 0 Å². The number of carbonyl (C=O) groups excluding carboxylic acids is 1. The molecule has 3 N–H and O–H groups in total. The van der Waals surface area contributed by atoms with E-state index < -0.39 is 6.04 Å². The van der Waals surface area contributed by atoms with Crippen LogP contribution in [0.3, 0.4) is 0 Å². The third-order valence-corrected chi connectivity index (χ3v) is 6.36. The van der Waals surface area contributed by atoms with Crippen LogP contribution in [0.4, 0.5) is 11.8 Å². The number of nitrogens with one attached hydrogen (secondary N) is 3. The molecule has 198 valence electrons. The maximum Gasteiger partial charge on any atom is 0.242 e. The molecule has 0 aliphatic rings. The van der Waals surface area contributed by atoms with Gasteiger partial charge >= 0.3 is 0 Å². The molecular formula is C28H31Cl2N7O. The van der Waals surface area contributed by atoms with Crippen LogP contribution in [0.25, 0.3) is 5.82 Å². The summed E-state index contributed by atoms with van der Waals surface area (Å²) in [5, 5.41) is 11.0. The minimum Gasteiger partial charge on any atom is -0.358 e. The Balaban J connectivity index is 1.53. The average Bonchev–Trinajstić information content (AvgIpc) is 3.44. The monoisotopic (exact) mass is 551 g/mol. The number of carbonyl (C=O) groups is 1. The average molecular weight is 553 g/mol. The van der Waals surface area contributed by atoms with Crippen LogP contribution in [0.2, 0.25) is 10.0 Å². The molecule has 1 amide bonds. The summed E-state index contributed by atoms with van der Waals surface area (Å²) in [6.07, 6.45) is 6.69. The molecule has 2 aromatic heterocycles. The molecule has 38 heavy (non-hydrogen) atoms. The zero-order valence-electron chi connectivity index (χ0n) is 21.4. The molecule has 0 saturated heterocycles. The number of imidazole rings is 1. The Hall–Kier alpha value is -3.62. The Bertz CT molecular complexity index is 1330. The van der Waals surface area contributed by atoms with Gasteiger partial charge in [0.05, 0.1) is 0 Å². The zero-order chi connectivity index (χ0) is 26.9. The first-order chi connectivity index (χ1) is 18.4. The largest absolute Gasteiger partial charge is 0.358 e. The predicted molar refractivity (Wildman–Crippen MR) is 153 cm³/mol. The highest BCUT2D eigenvalue weighted by Gasteiger charge is 2.20. The van der Waals surface area contributed by atoms with Crippen molar-refractivity contribution in [1.82, 2.24) is 24.8 Å². The molecule has 0 aliphatic carbocycles. The van der Waals surface area contributed by atoms with Crippen LogP contribution in [0.5, 0.6) is 0 Å². The lowest BCUT2D eigenvalue weighted by Crippen LogP contribution is -2.39. The molecule has 2 heterocycles. The van der Waals surface area contributed by atoms with Crippen LogP contribution in [-0.2, 0) is 17.9 Å². The fraction of sp³-hybridized carbons (Fsp3) is 0.286. The molecule has 8 nitrogen and oxygen atoms in total. The Morgan fingerprint density at radius 1 is 0.947 bits per heavy atom. The maximum absolute atomic E-state index is 13.3. The molecule has 4 rings (SSSR count). The molecule has 1 atom stereocenters. The normalized spacial score (nSPS) is 11.8. The summed E-state index contributed by atoms with van der Waals surface area (Å²) in [6.45, 7) is 5.18. The van der Waals surface area contributed by atoms with Crippen molar-refractivity contribution in [3.8, 4) is 5.82 Å². The molecule has 0 spiro atoms. The molecule has 0 fully saturated rings. The van der Waals surface area contributed by atoms with Gasteiger partial charge in [-0.25, -0.2) is 4.98 Å². The van der Waals surface area contributed by atoms with Gasteiger partial charge in [-0.15, -0.1) is 0 Å². The van der Waals surface area contributed by atoms with E-state index in [2.05, 4.69) is 44.7 Å². The van der Waals surface area contributed by atoms with Crippen molar-refractivity contribution in [2.24, 2.45) is 5.92 Å². The number of nitrogens with zero attached hydrogens (tertiary/aromatic N) is 4. The highest BCUT2D eigenvalue weighted by Crippen LogP contribution is 2.19. The van der Waals surface area contributed by atoms with Crippen LogP contribution in [0.15, 0.2) is 73.3 Å². The molecule has 2 aromatic carbocycles. The SMILES string of the molecule is CC(C)CC[C@@H](Nc1cc(-n2ccnc2)nc(NCc2cccc(Cl)c2)n1)C(=O)NCc1ccc(Cl)cc1. The van der Waals surface area contributed by atoms with Crippen molar-refractivity contribution in [3.05, 3.63) is 94.5 Å². The summed E-state index contributed by atoms with van der Waals surface area (Å²) in [7, 11) is 0. The number of benzene rings is 2. The van der Waals surface area contributed by atoms with Crippen molar-refractivity contribution in [3.63, 3.8) is 0 Å². The molecular weight excluding hydrogens is 521 g/mol. The minimum atomic E-state index is -0.476. The molecule has 4 aromatic rings. The van der Waals surface area contributed by atoms with E-state index in [1.165, 1.54) is 0 Å². The quantitative estimate of drug-likeness (QED) is 0.196. The molecule has 0 unspecified atom stereocenters. The van der Waals surface area contributed by atoms with Crippen molar-refractivity contribution < 1.29 is 4.79 Å².